The van der Waals surface area contributed by atoms with Crippen molar-refractivity contribution in [3.8, 4) is 51.7 Å². The zero-order valence-corrected chi connectivity index (χ0v) is 24.0. The van der Waals surface area contributed by atoms with Gasteiger partial charge in [-0.05, 0) is 109 Å². The third-order valence-electron chi connectivity index (χ3n) is 5.45. The number of benzene rings is 6. The minimum Gasteiger partial charge on any atom is -0.508 e. The molecule has 0 saturated carbocycles. The predicted molar refractivity (Wildman–Crippen MR) is 164 cm³/mol. The number of para-hydroxylation sites is 3. The molecule has 0 aliphatic heterocycles. The molecule has 0 aliphatic rings. The van der Waals surface area contributed by atoms with Crippen molar-refractivity contribution in [3.63, 3.8) is 0 Å². The molecule has 0 atom stereocenters. The second-order valence-corrected chi connectivity index (χ2v) is 8.73. The number of phenolic OH excluding ortho intramolecular Hbond substituents is 3. The van der Waals surface area contributed by atoms with Gasteiger partial charge in [-0.25, -0.2) is 0 Å². The molecule has 0 heterocycles. The average Bonchev–Trinajstić information content (AvgIpc) is 3.03. The standard InChI is InChI=1S/3C12H10O2.Co/c3*13-10-6-8-12(9-7-10)14-11-4-2-1-3-5-11;/h3*1-9,13H;. The molecule has 7 heteroatoms. The van der Waals surface area contributed by atoms with Gasteiger partial charge >= 0.3 is 0 Å². The summed E-state index contributed by atoms with van der Waals surface area (Å²) in [5.41, 5.74) is 0. The van der Waals surface area contributed by atoms with Gasteiger partial charge in [0.25, 0.3) is 0 Å². The number of rotatable bonds is 6. The van der Waals surface area contributed by atoms with Gasteiger partial charge in [-0.15, -0.1) is 0 Å². The molecule has 0 saturated heterocycles. The molecule has 0 unspecified atom stereocenters. The van der Waals surface area contributed by atoms with Crippen LogP contribution in [-0.2, 0) is 16.8 Å². The van der Waals surface area contributed by atoms with Gasteiger partial charge < -0.3 is 29.5 Å². The number of aromatic hydroxyl groups is 3. The summed E-state index contributed by atoms with van der Waals surface area (Å²) in [5.74, 6) is 5.24. The van der Waals surface area contributed by atoms with E-state index in [-0.39, 0.29) is 34.0 Å². The molecule has 0 amide bonds. The van der Waals surface area contributed by atoms with Crippen LogP contribution in [0, 0.1) is 0 Å². The van der Waals surface area contributed by atoms with Gasteiger partial charge in [-0.2, -0.15) is 0 Å². The van der Waals surface area contributed by atoms with E-state index in [1.165, 1.54) is 0 Å². The Kier molecular flexibility index (Phi) is 13.0. The molecule has 1 radical (unpaired) electrons. The van der Waals surface area contributed by atoms with E-state index in [4.69, 9.17) is 29.5 Å². The van der Waals surface area contributed by atoms with Crippen LogP contribution in [-0.4, -0.2) is 15.3 Å². The van der Waals surface area contributed by atoms with Crippen molar-refractivity contribution >= 4 is 0 Å². The first-order valence-corrected chi connectivity index (χ1v) is 13.1. The molecule has 3 N–H and O–H groups in total. The summed E-state index contributed by atoms with van der Waals surface area (Å²) in [6, 6.07) is 48.5. The van der Waals surface area contributed by atoms with Crippen LogP contribution >= 0.6 is 0 Å². The van der Waals surface area contributed by atoms with Crippen LogP contribution in [0.2, 0.25) is 0 Å². The molecule has 6 rings (SSSR count). The van der Waals surface area contributed by atoms with Gasteiger partial charge in [0.15, 0.2) is 0 Å². The van der Waals surface area contributed by atoms with Crippen LogP contribution in [0.3, 0.4) is 0 Å². The molecular weight excluding hydrogens is 587 g/mol. The van der Waals surface area contributed by atoms with E-state index in [0.29, 0.717) is 17.2 Å². The number of hydrogen-bond donors (Lipinski definition) is 3. The smallest absolute Gasteiger partial charge is 0.127 e. The van der Waals surface area contributed by atoms with Crippen LogP contribution in [0.5, 0.6) is 51.7 Å². The molecule has 0 fully saturated rings. The second-order valence-electron chi connectivity index (χ2n) is 8.73. The van der Waals surface area contributed by atoms with Crippen molar-refractivity contribution in [3.05, 3.63) is 164 Å². The normalized spacial score (nSPS) is 9.49. The molecule has 6 aromatic rings. The maximum absolute atomic E-state index is 9.07. The van der Waals surface area contributed by atoms with E-state index in [1.54, 1.807) is 72.8 Å². The van der Waals surface area contributed by atoms with Crippen LogP contribution in [0.4, 0.5) is 0 Å². The van der Waals surface area contributed by atoms with Crippen molar-refractivity contribution in [2.24, 2.45) is 0 Å². The largest absolute Gasteiger partial charge is 0.508 e. The fourth-order valence-corrected chi connectivity index (χ4v) is 3.42. The number of phenols is 3. The molecule has 219 valence electrons. The zero-order chi connectivity index (χ0) is 29.4. The van der Waals surface area contributed by atoms with Gasteiger partial charge in [-0.3, -0.25) is 0 Å². The first-order chi connectivity index (χ1) is 20.5. The minimum atomic E-state index is 0. The second kappa shape index (κ2) is 17.4. The Morgan fingerprint density at radius 3 is 0.651 bits per heavy atom. The Labute approximate surface area is 261 Å². The van der Waals surface area contributed by atoms with Crippen LogP contribution in [0.25, 0.3) is 0 Å². The summed E-state index contributed by atoms with van der Waals surface area (Å²) < 4.78 is 16.6. The van der Waals surface area contributed by atoms with E-state index in [2.05, 4.69) is 0 Å². The van der Waals surface area contributed by atoms with Gasteiger partial charge in [0, 0.05) is 16.8 Å². The Bertz CT molecular complexity index is 1380. The van der Waals surface area contributed by atoms with Gasteiger partial charge in [0.1, 0.15) is 51.7 Å². The molecule has 43 heavy (non-hydrogen) atoms. The summed E-state index contributed by atoms with van der Waals surface area (Å²) in [5, 5.41) is 27.2. The Balaban J connectivity index is 0.000000175. The molecule has 6 nitrogen and oxygen atoms in total. The Morgan fingerprint density at radius 2 is 0.442 bits per heavy atom. The van der Waals surface area contributed by atoms with E-state index >= 15 is 0 Å². The average molecular weight is 618 g/mol. The SMILES string of the molecule is Oc1ccc(Oc2ccccc2)cc1.Oc1ccc(Oc2ccccc2)cc1.Oc1ccc(Oc2ccccc2)cc1.[Co]. The molecule has 0 spiro atoms. The van der Waals surface area contributed by atoms with Gasteiger partial charge in [-0.1, -0.05) is 54.6 Å². The van der Waals surface area contributed by atoms with E-state index in [9.17, 15) is 0 Å². The van der Waals surface area contributed by atoms with Crippen LogP contribution in [0.1, 0.15) is 0 Å². The van der Waals surface area contributed by atoms with Gasteiger partial charge in [0.2, 0.25) is 0 Å². The first-order valence-electron chi connectivity index (χ1n) is 13.1. The fraction of sp³-hybridized carbons (Fsp3) is 0. The summed E-state index contributed by atoms with van der Waals surface area (Å²) in [6.45, 7) is 0. The monoisotopic (exact) mass is 617 g/mol. The number of ether oxygens (including phenoxy) is 3. The van der Waals surface area contributed by atoms with Crippen molar-refractivity contribution < 1.29 is 46.3 Å². The molecule has 0 aromatic heterocycles. The maximum Gasteiger partial charge on any atom is 0.127 e. The van der Waals surface area contributed by atoms with E-state index in [1.807, 2.05) is 91.0 Å². The minimum absolute atomic E-state index is 0. The number of hydrogen-bond acceptors (Lipinski definition) is 6. The fourth-order valence-electron chi connectivity index (χ4n) is 3.42. The molecule has 6 aromatic carbocycles. The van der Waals surface area contributed by atoms with Crippen molar-refractivity contribution in [2.75, 3.05) is 0 Å². The first kappa shape index (κ1) is 32.1. The predicted octanol–water partition coefficient (Wildman–Crippen LogP) is 9.55. The Morgan fingerprint density at radius 1 is 0.256 bits per heavy atom. The van der Waals surface area contributed by atoms with Crippen LogP contribution in [0.15, 0.2) is 164 Å². The zero-order valence-electron chi connectivity index (χ0n) is 23.0. The van der Waals surface area contributed by atoms with Crippen molar-refractivity contribution in [2.45, 2.75) is 0 Å². The topological polar surface area (TPSA) is 88.4 Å². The third kappa shape index (κ3) is 11.9. The summed E-state index contributed by atoms with van der Waals surface area (Å²) in [6.07, 6.45) is 0. The van der Waals surface area contributed by atoms with Crippen molar-refractivity contribution in [1.82, 2.24) is 0 Å². The summed E-state index contributed by atoms with van der Waals surface area (Å²) >= 11 is 0. The molecule has 0 aliphatic carbocycles. The van der Waals surface area contributed by atoms with E-state index in [0.717, 1.165) is 17.2 Å². The maximum atomic E-state index is 9.07. The quantitative estimate of drug-likeness (QED) is 0.173. The van der Waals surface area contributed by atoms with E-state index < -0.39 is 0 Å². The summed E-state index contributed by atoms with van der Waals surface area (Å²) in [4.78, 5) is 0. The summed E-state index contributed by atoms with van der Waals surface area (Å²) in [7, 11) is 0. The van der Waals surface area contributed by atoms with Crippen LogP contribution < -0.4 is 14.2 Å². The third-order valence-corrected chi connectivity index (χ3v) is 5.45. The van der Waals surface area contributed by atoms with Gasteiger partial charge in [0.05, 0.1) is 0 Å². The molecular formula is C36H30CoO6. The molecule has 0 bridgehead atoms. The van der Waals surface area contributed by atoms with Crippen molar-refractivity contribution in [1.29, 1.82) is 0 Å². The Hall–Kier alpha value is -5.37.